The summed E-state index contributed by atoms with van der Waals surface area (Å²) in [5.41, 5.74) is 6.86. The smallest absolute Gasteiger partial charge is 0.109 e. The second-order valence-corrected chi connectivity index (χ2v) is 4.06. The Balaban J connectivity index is 2.22. The summed E-state index contributed by atoms with van der Waals surface area (Å²) in [4.78, 5) is 6.63. The molecule has 1 aromatic heterocycles. The molecule has 1 aliphatic heterocycles. The second kappa shape index (κ2) is 3.67. The summed E-state index contributed by atoms with van der Waals surface area (Å²) < 4.78 is 0. The Morgan fingerprint density at radius 2 is 2.07 bits per heavy atom. The Bertz CT molecular complexity index is 289. The summed E-state index contributed by atoms with van der Waals surface area (Å²) >= 11 is 0. The molecule has 1 saturated heterocycles. The largest absolute Gasteiger partial charge is 0.308 e. The molecule has 3 nitrogen and oxygen atoms in total. The Morgan fingerprint density at radius 3 is 2.64 bits per heavy atom. The van der Waals surface area contributed by atoms with Crippen LogP contribution in [0.4, 0.5) is 0 Å². The zero-order chi connectivity index (χ0) is 10.0. The molecular formula is C11H17N3. The van der Waals surface area contributed by atoms with Crippen molar-refractivity contribution in [3.8, 4) is 0 Å². The van der Waals surface area contributed by atoms with Crippen LogP contribution in [-0.2, 0) is 5.66 Å². The molecule has 0 spiro atoms. The molecule has 1 aromatic rings. The van der Waals surface area contributed by atoms with E-state index < -0.39 is 5.66 Å². The summed E-state index contributed by atoms with van der Waals surface area (Å²) in [6.45, 7) is 4.22. The molecule has 3 heteroatoms. The summed E-state index contributed by atoms with van der Waals surface area (Å²) in [6.07, 6.45) is 4.30. The highest BCUT2D eigenvalue weighted by Gasteiger charge is 2.32. The van der Waals surface area contributed by atoms with Crippen molar-refractivity contribution >= 4 is 0 Å². The van der Waals surface area contributed by atoms with E-state index in [0.717, 1.165) is 18.8 Å². The molecule has 2 N–H and O–H groups in total. The first-order valence-corrected chi connectivity index (χ1v) is 5.17. The first-order chi connectivity index (χ1) is 6.71. The van der Waals surface area contributed by atoms with Crippen LogP contribution < -0.4 is 5.73 Å². The molecule has 2 heterocycles. The lowest BCUT2D eigenvalue weighted by atomic mass is 10.1. The zero-order valence-corrected chi connectivity index (χ0v) is 8.61. The van der Waals surface area contributed by atoms with Crippen LogP contribution in [-0.4, -0.2) is 23.0 Å². The van der Waals surface area contributed by atoms with Gasteiger partial charge in [0.2, 0.25) is 0 Å². The molecule has 14 heavy (non-hydrogen) atoms. The van der Waals surface area contributed by atoms with E-state index in [4.69, 9.17) is 5.73 Å². The van der Waals surface area contributed by atoms with Crippen molar-refractivity contribution in [2.24, 2.45) is 5.73 Å². The van der Waals surface area contributed by atoms with Crippen LogP contribution in [0, 0.1) is 0 Å². The van der Waals surface area contributed by atoms with Crippen LogP contribution in [0.2, 0.25) is 0 Å². The number of hydrogen-bond acceptors (Lipinski definition) is 3. The lowest BCUT2D eigenvalue weighted by Crippen LogP contribution is -2.50. The van der Waals surface area contributed by atoms with Gasteiger partial charge in [-0.1, -0.05) is 6.07 Å². The first-order valence-electron chi connectivity index (χ1n) is 5.17. The SMILES string of the molecule is C[C@@](N)(c1ccccn1)N1CCCC1. The Hall–Kier alpha value is -0.930. The third-order valence-electron chi connectivity index (χ3n) is 2.95. The maximum absolute atomic E-state index is 6.31. The molecule has 1 atom stereocenters. The molecule has 2 rings (SSSR count). The van der Waals surface area contributed by atoms with Gasteiger partial charge >= 0.3 is 0 Å². The Morgan fingerprint density at radius 1 is 1.36 bits per heavy atom. The predicted molar refractivity (Wildman–Crippen MR) is 56.6 cm³/mol. The molecular weight excluding hydrogens is 174 g/mol. The van der Waals surface area contributed by atoms with Crippen LogP contribution in [0.5, 0.6) is 0 Å². The summed E-state index contributed by atoms with van der Waals surface area (Å²) in [6, 6.07) is 5.91. The van der Waals surface area contributed by atoms with Crippen LogP contribution in [0.25, 0.3) is 0 Å². The number of nitrogens with zero attached hydrogens (tertiary/aromatic N) is 2. The van der Waals surface area contributed by atoms with Crippen LogP contribution in [0.15, 0.2) is 24.4 Å². The van der Waals surface area contributed by atoms with Crippen molar-refractivity contribution in [1.82, 2.24) is 9.88 Å². The highest BCUT2D eigenvalue weighted by Crippen LogP contribution is 2.24. The third-order valence-corrected chi connectivity index (χ3v) is 2.95. The minimum atomic E-state index is -0.405. The maximum atomic E-state index is 6.31. The number of likely N-dealkylation sites (tertiary alicyclic amines) is 1. The third kappa shape index (κ3) is 1.65. The molecule has 0 saturated carbocycles. The highest BCUT2D eigenvalue weighted by atomic mass is 15.3. The molecule has 1 fully saturated rings. The minimum Gasteiger partial charge on any atom is -0.308 e. The quantitative estimate of drug-likeness (QED) is 0.766. The van der Waals surface area contributed by atoms with Crippen molar-refractivity contribution in [2.45, 2.75) is 25.4 Å². The summed E-state index contributed by atoms with van der Waals surface area (Å²) in [5.74, 6) is 0. The van der Waals surface area contributed by atoms with Gasteiger partial charge in [-0.25, -0.2) is 0 Å². The normalized spacial score (nSPS) is 22.1. The van der Waals surface area contributed by atoms with Crippen molar-refractivity contribution in [2.75, 3.05) is 13.1 Å². The topological polar surface area (TPSA) is 42.1 Å². The maximum Gasteiger partial charge on any atom is 0.109 e. The lowest BCUT2D eigenvalue weighted by molar-refractivity contribution is 0.137. The molecule has 0 unspecified atom stereocenters. The average Bonchev–Trinajstić information content (AvgIpc) is 2.72. The van der Waals surface area contributed by atoms with Gasteiger partial charge in [0.15, 0.2) is 0 Å². The van der Waals surface area contributed by atoms with E-state index in [2.05, 4.69) is 9.88 Å². The number of nitrogens with two attached hydrogens (primary N) is 1. The molecule has 0 bridgehead atoms. The van der Waals surface area contributed by atoms with Gasteiger partial charge in [0.25, 0.3) is 0 Å². The standard InChI is InChI=1S/C11H17N3/c1-11(12,14-8-4-5-9-14)10-6-2-3-7-13-10/h2-3,6-7H,4-5,8-9,12H2,1H3/t11-/m0/s1. The van der Waals surface area contributed by atoms with E-state index in [0.29, 0.717) is 0 Å². The number of hydrogen-bond donors (Lipinski definition) is 1. The minimum absolute atomic E-state index is 0.405. The van der Waals surface area contributed by atoms with Gasteiger partial charge in [-0.05, 0) is 31.9 Å². The van der Waals surface area contributed by atoms with Crippen LogP contribution >= 0.6 is 0 Å². The van der Waals surface area contributed by atoms with Gasteiger partial charge in [0.05, 0.1) is 5.69 Å². The van der Waals surface area contributed by atoms with Gasteiger partial charge < -0.3 is 5.73 Å². The van der Waals surface area contributed by atoms with Crippen molar-refractivity contribution < 1.29 is 0 Å². The highest BCUT2D eigenvalue weighted by molar-refractivity contribution is 5.13. The van der Waals surface area contributed by atoms with Crippen LogP contribution in [0.1, 0.15) is 25.5 Å². The number of pyridine rings is 1. The van der Waals surface area contributed by atoms with Gasteiger partial charge in [-0.3, -0.25) is 9.88 Å². The van der Waals surface area contributed by atoms with E-state index in [-0.39, 0.29) is 0 Å². The van der Waals surface area contributed by atoms with E-state index >= 15 is 0 Å². The lowest BCUT2D eigenvalue weighted by Gasteiger charge is -2.34. The molecule has 0 aliphatic carbocycles. The van der Waals surface area contributed by atoms with Crippen molar-refractivity contribution in [3.63, 3.8) is 0 Å². The average molecular weight is 191 g/mol. The number of aromatic nitrogens is 1. The molecule has 0 radical (unpaired) electrons. The molecule has 1 aliphatic rings. The van der Waals surface area contributed by atoms with E-state index in [1.54, 1.807) is 6.20 Å². The molecule has 0 aromatic carbocycles. The Kier molecular flexibility index (Phi) is 2.52. The first kappa shape index (κ1) is 9.62. The fraction of sp³-hybridized carbons (Fsp3) is 0.545. The van der Waals surface area contributed by atoms with Gasteiger partial charge in [0.1, 0.15) is 5.66 Å². The predicted octanol–water partition coefficient (Wildman–Crippen LogP) is 1.31. The summed E-state index contributed by atoms with van der Waals surface area (Å²) in [7, 11) is 0. The Labute approximate surface area is 84.9 Å². The van der Waals surface area contributed by atoms with E-state index in [9.17, 15) is 0 Å². The van der Waals surface area contributed by atoms with Gasteiger partial charge in [0, 0.05) is 19.3 Å². The molecule has 0 amide bonds. The van der Waals surface area contributed by atoms with Crippen LogP contribution in [0.3, 0.4) is 0 Å². The molecule has 76 valence electrons. The summed E-state index contributed by atoms with van der Waals surface area (Å²) in [5, 5.41) is 0. The number of rotatable bonds is 2. The van der Waals surface area contributed by atoms with Crippen molar-refractivity contribution in [3.05, 3.63) is 30.1 Å². The van der Waals surface area contributed by atoms with E-state index in [1.807, 2.05) is 25.1 Å². The fourth-order valence-corrected chi connectivity index (χ4v) is 2.01. The van der Waals surface area contributed by atoms with Gasteiger partial charge in [-0.2, -0.15) is 0 Å². The fourth-order valence-electron chi connectivity index (χ4n) is 2.01. The monoisotopic (exact) mass is 191 g/mol. The van der Waals surface area contributed by atoms with Crippen molar-refractivity contribution in [1.29, 1.82) is 0 Å². The zero-order valence-electron chi connectivity index (χ0n) is 8.61. The van der Waals surface area contributed by atoms with Gasteiger partial charge in [-0.15, -0.1) is 0 Å². The van der Waals surface area contributed by atoms with E-state index in [1.165, 1.54) is 12.8 Å². The second-order valence-electron chi connectivity index (χ2n) is 4.06.